The fourth-order valence-corrected chi connectivity index (χ4v) is 6.00. The maximum absolute atomic E-state index is 14.2. The van der Waals surface area contributed by atoms with E-state index in [1.807, 2.05) is 62.4 Å². The molecule has 0 bridgehead atoms. The predicted molar refractivity (Wildman–Crippen MR) is 122 cm³/mol. The molecule has 1 fully saturated rings. The molecule has 2 amide bonds. The smallest absolute Gasteiger partial charge is 0.257 e. The van der Waals surface area contributed by atoms with Crippen molar-refractivity contribution in [3.05, 3.63) is 94.8 Å². The van der Waals surface area contributed by atoms with E-state index in [0.717, 1.165) is 22.4 Å². The van der Waals surface area contributed by atoms with Crippen molar-refractivity contribution in [2.75, 3.05) is 11.9 Å². The van der Waals surface area contributed by atoms with Gasteiger partial charge in [-0.05, 0) is 43.7 Å². The fraction of sp³-hybridized carbons (Fsp3) is 0.259. The molecule has 33 heavy (non-hydrogen) atoms. The van der Waals surface area contributed by atoms with Crippen LogP contribution in [0.3, 0.4) is 0 Å². The number of carbonyl (C=O) groups excluding carboxylic acids is 2. The van der Waals surface area contributed by atoms with Crippen molar-refractivity contribution in [1.29, 1.82) is 0 Å². The Kier molecular flexibility index (Phi) is 4.18. The lowest BCUT2D eigenvalue weighted by Gasteiger charge is -2.38. The molecule has 1 N–H and O–H groups in total. The number of nitrogens with zero attached hydrogens (tertiary/aromatic N) is 1. The molecule has 0 spiro atoms. The normalized spacial score (nSPS) is 27.5. The molecule has 3 aromatic rings. The van der Waals surface area contributed by atoms with Crippen molar-refractivity contribution in [1.82, 2.24) is 4.90 Å². The molecule has 5 nitrogen and oxygen atoms in total. The Balaban J connectivity index is 1.64. The first kappa shape index (κ1) is 20.0. The van der Waals surface area contributed by atoms with Gasteiger partial charge < -0.3 is 15.0 Å². The van der Waals surface area contributed by atoms with Gasteiger partial charge in [-0.3, -0.25) is 9.59 Å². The SMILES string of the molecule is Cc1ccc2c(c1)[C@H]1[C@H](CO2)[C@H](c2ccccc2)[C@]2(C)C(=O)Nc3ccc(F)cc3C(=O)N12. The largest absolute Gasteiger partial charge is 0.493 e. The van der Waals surface area contributed by atoms with Crippen molar-refractivity contribution in [2.24, 2.45) is 5.92 Å². The van der Waals surface area contributed by atoms with Crippen LogP contribution in [0, 0.1) is 18.7 Å². The molecule has 6 heteroatoms. The summed E-state index contributed by atoms with van der Waals surface area (Å²) >= 11 is 0. The van der Waals surface area contributed by atoms with Gasteiger partial charge in [0.25, 0.3) is 11.8 Å². The fourth-order valence-electron chi connectivity index (χ4n) is 6.00. The second-order valence-electron chi connectivity index (χ2n) is 9.32. The van der Waals surface area contributed by atoms with Crippen LogP contribution in [0.2, 0.25) is 0 Å². The van der Waals surface area contributed by atoms with E-state index in [1.54, 1.807) is 4.90 Å². The van der Waals surface area contributed by atoms with Gasteiger partial charge in [-0.15, -0.1) is 0 Å². The van der Waals surface area contributed by atoms with Crippen molar-refractivity contribution in [2.45, 2.75) is 31.3 Å². The Morgan fingerprint density at radius 3 is 2.64 bits per heavy atom. The van der Waals surface area contributed by atoms with Crippen LogP contribution in [0.1, 0.15) is 45.9 Å². The van der Waals surface area contributed by atoms with Gasteiger partial charge in [0.05, 0.1) is 23.9 Å². The first-order valence-electron chi connectivity index (χ1n) is 11.1. The predicted octanol–water partition coefficient (Wildman–Crippen LogP) is 4.83. The first-order chi connectivity index (χ1) is 15.9. The molecule has 3 aromatic carbocycles. The molecule has 0 saturated carbocycles. The summed E-state index contributed by atoms with van der Waals surface area (Å²) in [5.74, 6) is -0.878. The van der Waals surface area contributed by atoms with Gasteiger partial charge in [0.15, 0.2) is 0 Å². The highest BCUT2D eigenvalue weighted by atomic mass is 19.1. The number of hydrogen-bond acceptors (Lipinski definition) is 3. The van der Waals surface area contributed by atoms with Gasteiger partial charge in [0.1, 0.15) is 17.1 Å². The minimum atomic E-state index is -1.20. The van der Waals surface area contributed by atoms with E-state index in [1.165, 1.54) is 18.2 Å². The Hall–Kier alpha value is -3.67. The van der Waals surface area contributed by atoms with Crippen LogP contribution in [-0.4, -0.2) is 28.9 Å². The van der Waals surface area contributed by atoms with E-state index in [2.05, 4.69) is 5.32 Å². The molecular weight excluding hydrogens is 419 g/mol. The number of benzene rings is 3. The number of anilines is 1. The number of amides is 2. The maximum Gasteiger partial charge on any atom is 0.257 e. The molecule has 0 radical (unpaired) electrons. The van der Waals surface area contributed by atoms with E-state index in [4.69, 9.17) is 4.74 Å². The van der Waals surface area contributed by atoms with Crippen molar-refractivity contribution in [3.63, 3.8) is 0 Å². The Labute approximate surface area is 191 Å². The first-order valence-corrected chi connectivity index (χ1v) is 11.1. The zero-order chi connectivity index (χ0) is 22.9. The second-order valence-corrected chi connectivity index (χ2v) is 9.32. The van der Waals surface area contributed by atoms with Gasteiger partial charge in [-0.1, -0.05) is 48.0 Å². The van der Waals surface area contributed by atoms with Gasteiger partial charge >= 0.3 is 0 Å². The number of carbonyl (C=O) groups is 2. The average molecular weight is 442 g/mol. The average Bonchev–Trinajstić information content (AvgIpc) is 3.06. The zero-order valence-electron chi connectivity index (χ0n) is 18.3. The van der Waals surface area contributed by atoms with Crippen LogP contribution in [0.5, 0.6) is 5.75 Å². The molecule has 3 aliphatic heterocycles. The molecule has 0 aromatic heterocycles. The third-order valence-electron chi connectivity index (χ3n) is 7.43. The molecule has 6 rings (SSSR count). The summed E-state index contributed by atoms with van der Waals surface area (Å²) in [5.41, 5.74) is 2.20. The monoisotopic (exact) mass is 442 g/mol. The Morgan fingerprint density at radius 1 is 1.06 bits per heavy atom. The second kappa shape index (κ2) is 6.91. The molecule has 3 aliphatic rings. The maximum atomic E-state index is 14.2. The van der Waals surface area contributed by atoms with Gasteiger partial charge in [0, 0.05) is 17.4 Å². The van der Waals surface area contributed by atoms with Crippen LogP contribution in [-0.2, 0) is 4.79 Å². The quantitative estimate of drug-likeness (QED) is 0.587. The van der Waals surface area contributed by atoms with Gasteiger partial charge in [0.2, 0.25) is 0 Å². The number of ether oxygens (including phenoxy) is 1. The molecule has 3 heterocycles. The Morgan fingerprint density at radius 2 is 1.85 bits per heavy atom. The van der Waals surface area contributed by atoms with Crippen LogP contribution in [0.15, 0.2) is 66.7 Å². The van der Waals surface area contributed by atoms with E-state index >= 15 is 0 Å². The zero-order valence-corrected chi connectivity index (χ0v) is 18.3. The number of aryl methyl sites for hydroxylation is 1. The molecule has 1 saturated heterocycles. The van der Waals surface area contributed by atoms with Crippen molar-refractivity contribution >= 4 is 17.5 Å². The lowest BCUT2D eigenvalue weighted by atomic mass is 9.73. The van der Waals surface area contributed by atoms with Crippen LogP contribution < -0.4 is 10.1 Å². The number of nitrogens with one attached hydrogen (secondary N) is 1. The lowest BCUT2D eigenvalue weighted by Crippen LogP contribution is -2.54. The Bertz CT molecular complexity index is 1310. The van der Waals surface area contributed by atoms with Crippen LogP contribution in [0.25, 0.3) is 0 Å². The van der Waals surface area contributed by atoms with Crippen molar-refractivity contribution < 1.29 is 18.7 Å². The molecule has 166 valence electrons. The molecular formula is C27H23FN2O3. The summed E-state index contributed by atoms with van der Waals surface area (Å²) in [6.07, 6.45) is 0. The summed E-state index contributed by atoms with van der Waals surface area (Å²) in [4.78, 5) is 29.6. The summed E-state index contributed by atoms with van der Waals surface area (Å²) in [6, 6.07) is 19.3. The number of hydrogen-bond donors (Lipinski definition) is 1. The molecule has 0 unspecified atom stereocenters. The van der Waals surface area contributed by atoms with Gasteiger partial charge in [-0.2, -0.15) is 0 Å². The summed E-state index contributed by atoms with van der Waals surface area (Å²) < 4.78 is 20.4. The minimum absolute atomic E-state index is 0.142. The lowest BCUT2D eigenvalue weighted by molar-refractivity contribution is -0.125. The summed E-state index contributed by atoms with van der Waals surface area (Å²) in [6.45, 7) is 4.20. The van der Waals surface area contributed by atoms with E-state index in [-0.39, 0.29) is 35.3 Å². The summed E-state index contributed by atoms with van der Waals surface area (Å²) in [5, 5.41) is 2.93. The minimum Gasteiger partial charge on any atom is -0.493 e. The molecule has 4 atom stereocenters. The van der Waals surface area contributed by atoms with Gasteiger partial charge in [-0.25, -0.2) is 4.39 Å². The van der Waals surface area contributed by atoms with E-state index in [9.17, 15) is 14.0 Å². The van der Waals surface area contributed by atoms with Crippen LogP contribution >= 0.6 is 0 Å². The van der Waals surface area contributed by atoms with E-state index in [0.29, 0.717) is 12.3 Å². The number of rotatable bonds is 1. The number of fused-ring (bicyclic) bond motifs is 6. The van der Waals surface area contributed by atoms with Crippen molar-refractivity contribution in [3.8, 4) is 5.75 Å². The third-order valence-corrected chi connectivity index (χ3v) is 7.43. The highest BCUT2D eigenvalue weighted by Crippen LogP contribution is 2.59. The third kappa shape index (κ3) is 2.70. The summed E-state index contributed by atoms with van der Waals surface area (Å²) in [7, 11) is 0. The standard InChI is InChI=1S/C27H23FN2O3/c1-15-8-11-22-19(12-15)24-20(14-33-22)23(16-6-4-3-5-7-16)27(2)26(32)29-21-10-9-17(28)13-18(21)25(31)30(24)27/h3-13,20,23-24H,14H2,1-2H3,(H,29,32)/t20-,23+,24+,27-/m1/s1. The number of halogens is 1. The van der Waals surface area contributed by atoms with Crippen LogP contribution in [0.4, 0.5) is 10.1 Å². The highest BCUT2D eigenvalue weighted by Gasteiger charge is 2.65. The topological polar surface area (TPSA) is 58.6 Å². The van der Waals surface area contributed by atoms with E-state index < -0.39 is 11.4 Å². The highest BCUT2D eigenvalue weighted by molar-refractivity contribution is 6.12. The molecule has 0 aliphatic carbocycles.